The molecule has 0 bridgehead atoms. The molecule has 0 N–H and O–H groups in total. The lowest BCUT2D eigenvalue weighted by Gasteiger charge is -2.08. The van der Waals surface area contributed by atoms with E-state index in [0.717, 1.165) is 0 Å². The first-order valence-corrected chi connectivity index (χ1v) is 6.03. The second kappa shape index (κ2) is 4.25. The second-order valence-corrected chi connectivity index (χ2v) is 4.98. The van der Waals surface area contributed by atoms with Crippen LogP contribution in [0.5, 0.6) is 0 Å². The van der Waals surface area contributed by atoms with Gasteiger partial charge in [-0.3, -0.25) is 0 Å². The average molecular weight is 214 g/mol. The zero-order chi connectivity index (χ0) is 11.7. The Balaban J connectivity index is 2.64. The number of rotatable bonds is 2. The fraction of sp³-hybridized carbons (Fsp3) is 0.400. The Morgan fingerprint density at radius 1 is 1.00 bits per heavy atom. The quantitative estimate of drug-likeness (QED) is 0.669. The van der Waals surface area contributed by atoms with Gasteiger partial charge in [0.25, 0.3) is 0 Å². The number of aromatic nitrogens is 1. The first-order valence-electron chi connectivity index (χ1n) is 6.03. The Hall–Kier alpha value is -1.37. The molecule has 0 unspecified atom stereocenters. The van der Waals surface area contributed by atoms with E-state index in [2.05, 4.69) is 68.8 Å². The molecule has 1 aromatic carbocycles. The summed E-state index contributed by atoms with van der Waals surface area (Å²) in [6.07, 6.45) is 2.15. The van der Waals surface area contributed by atoms with Crippen molar-refractivity contribution in [1.29, 1.82) is 0 Å². The van der Waals surface area contributed by atoms with Gasteiger partial charge in [0, 0.05) is 17.5 Å². The highest BCUT2D eigenvalue weighted by Gasteiger charge is 2.12. The number of pyridine rings is 1. The molecule has 0 atom stereocenters. The first-order chi connectivity index (χ1) is 7.59. The molecule has 1 nitrogen and oxygen atoms in total. The molecule has 2 rings (SSSR count). The molecule has 84 valence electrons. The van der Waals surface area contributed by atoms with Crippen LogP contribution in [-0.2, 0) is 0 Å². The van der Waals surface area contributed by atoms with Gasteiger partial charge >= 0.3 is 0 Å². The van der Waals surface area contributed by atoms with E-state index >= 15 is 0 Å². The molecule has 0 saturated carbocycles. The largest absolute Gasteiger partial charge is 0.212 e. The van der Waals surface area contributed by atoms with Gasteiger partial charge in [0.1, 0.15) is 0 Å². The number of benzene rings is 1. The van der Waals surface area contributed by atoms with Gasteiger partial charge in [0.15, 0.2) is 12.2 Å². The van der Waals surface area contributed by atoms with Crippen molar-refractivity contribution in [3.8, 4) is 0 Å². The van der Waals surface area contributed by atoms with E-state index in [-0.39, 0.29) is 0 Å². The zero-order valence-electron chi connectivity index (χ0n) is 10.6. The van der Waals surface area contributed by atoms with Crippen LogP contribution >= 0.6 is 0 Å². The summed E-state index contributed by atoms with van der Waals surface area (Å²) in [4.78, 5) is 0. The normalized spacial score (nSPS) is 11.6. The number of nitrogens with zero attached hydrogens (tertiary/aromatic N) is 1. The topological polar surface area (TPSA) is 3.88 Å². The maximum atomic E-state index is 2.32. The van der Waals surface area contributed by atoms with Crippen LogP contribution in [0.3, 0.4) is 0 Å². The molecule has 0 aliphatic rings. The van der Waals surface area contributed by atoms with Crippen molar-refractivity contribution in [1.82, 2.24) is 0 Å². The van der Waals surface area contributed by atoms with Crippen molar-refractivity contribution >= 4 is 10.9 Å². The van der Waals surface area contributed by atoms with Gasteiger partial charge in [-0.05, 0) is 37.5 Å². The lowest BCUT2D eigenvalue weighted by molar-refractivity contribution is -0.691. The van der Waals surface area contributed by atoms with E-state index in [1.54, 1.807) is 0 Å². The molecule has 16 heavy (non-hydrogen) atoms. The van der Waals surface area contributed by atoms with Gasteiger partial charge in [-0.15, -0.1) is 0 Å². The highest BCUT2D eigenvalue weighted by molar-refractivity contribution is 5.76. The monoisotopic (exact) mass is 214 g/mol. The molecule has 0 fully saturated rings. The average Bonchev–Trinajstić information content (AvgIpc) is 2.27. The van der Waals surface area contributed by atoms with Crippen molar-refractivity contribution in [3.05, 3.63) is 42.1 Å². The van der Waals surface area contributed by atoms with E-state index in [9.17, 15) is 0 Å². The molecule has 0 amide bonds. The third kappa shape index (κ3) is 1.95. The predicted molar refractivity (Wildman–Crippen MR) is 68.6 cm³/mol. The summed E-state index contributed by atoms with van der Waals surface area (Å²) in [5.41, 5.74) is 2.73. The molecule has 0 saturated heterocycles. The van der Waals surface area contributed by atoms with Gasteiger partial charge < -0.3 is 0 Å². The van der Waals surface area contributed by atoms with Gasteiger partial charge in [-0.1, -0.05) is 19.9 Å². The smallest absolute Gasteiger partial charge is 0.196 e. The molecule has 0 spiro atoms. The Kier molecular flexibility index (Phi) is 2.95. The third-order valence-corrected chi connectivity index (χ3v) is 3.08. The summed E-state index contributed by atoms with van der Waals surface area (Å²) >= 11 is 0. The fourth-order valence-electron chi connectivity index (χ4n) is 2.07. The fourth-order valence-corrected chi connectivity index (χ4v) is 2.07. The summed E-state index contributed by atoms with van der Waals surface area (Å²) in [5.74, 6) is 0.595. The molecule has 0 aliphatic carbocycles. The van der Waals surface area contributed by atoms with Crippen molar-refractivity contribution in [2.24, 2.45) is 0 Å². The Morgan fingerprint density at radius 3 is 2.38 bits per heavy atom. The molecule has 1 heteroatoms. The van der Waals surface area contributed by atoms with Crippen molar-refractivity contribution in [2.75, 3.05) is 0 Å². The first kappa shape index (κ1) is 11.1. The number of fused-ring (bicyclic) bond motifs is 1. The highest BCUT2D eigenvalue weighted by atomic mass is 15.0. The van der Waals surface area contributed by atoms with Crippen LogP contribution < -0.4 is 4.57 Å². The van der Waals surface area contributed by atoms with Crippen LogP contribution in [0.25, 0.3) is 10.9 Å². The number of hydrogen-bond acceptors (Lipinski definition) is 0. The van der Waals surface area contributed by atoms with Crippen LogP contribution in [0.4, 0.5) is 0 Å². The SMILES string of the molecule is CC(C)c1ccc2c(ccc[n+]2C(C)C)c1. The molecule has 1 aromatic heterocycles. The maximum Gasteiger partial charge on any atom is 0.212 e. The summed E-state index contributed by atoms with van der Waals surface area (Å²) in [7, 11) is 0. The lowest BCUT2D eigenvalue weighted by Crippen LogP contribution is -2.36. The van der Waals surface area contributed by atoms with Gasteiger partial charge in [0.05, 0.1) is 0 Å². The van der Waals surface area contributed by atoms with E-state index in [1.807, 2.05) is 0 Å². The third-order valence-electron chi connectivity index (χ3n) is 3.08. The van der Waals surface area contributed by atoms with E-state index in [0.29, 0.717) is 12.0 Å². The van der Waals surface area contributed by atoms with E-state index < -0.39 is 0 Å². The lowest BCUT2D eigenvalue weighted by atomic mass is 10.0. The second-order valence-electron chi connectivity index (χ2n) is 4.98. The highest BCUT2D eigenvalue weighted by Crippen LogP contribution is 2.19. The molecule has 0 aliphatic heterocycles. The van der Waals surface area contributed by atoms with Gasteiger partial charge in [-0.2, -0.15) is 4.57 Å². The Bertz CT molecular complexity index is 498. The minimum atomic E-state index is 0.508. The summed E-state index contributed by atoms with van der Waals surface area (Å²) in [6, 6.07) is 11.6. The van der Waals surface area contributed by atoms with Crippen LogP contribution in [0.2, 0.25) is 0 Å². The van der Waals surface area contributed by atoms with Crippen LogP contribution in [0.1, 0.15) is 45.2 Å². The molecule has 0 radical (unpaired) electrons. The molecular weight excluding hydrogens is 194 g/mol. The molecular formula is C15H20N+. The Morgan fingerprint density at radius 2 is 1.75 bits per heavy atom. The van der Waals surface area contributed by atoms with Crippen molar-refractivity contribution in [2.45, 2.75) is 39.7 Å². The molecule has 1 heterocycles. The summed E-state index contributed by atoms with van der Waals surface area (Å²) < 4.78 is 2.32. The zero-order valence-corrected chi connectivity index (χ0v) is 10.6. The standard InChI is InChI=1S/C15H20N/c1-11(2)13-7-8-15-14(10-13)6-5-9-16(15)12(3)4/h5-12H,1-4H3/q+1. The van der Waals surface area contributed by atoms with Crippen molar-refractivity contribution < 1.29 is 4.57 Å². The maximum absolute atomic E-state index is 2.32. The molecule has 2 aromatic rings. The Labute approximate surface area is 97.7 Å². The summed E-state index contributed by atoms with van der Waals surface area (Å²) in [6.45, 7) is 8.91. The van der Waals surface area contributed by atoms with Crippen molar-refractivity contribution in [3.63, 3.8) is 0 Å². The van der Waals surface area contributed by atoms with Gasteiger partial charge in [-0.25, -0.2) is 0 Å². The number of hydrogen-bond donors (Lipinski definition) is 0. The predicted octanol–water partition coefficient (Wildman–Crippen LogP) is 3.83. The van der Waals surface area contributed by atoms with Crippen LogP contribution in [0, 0.1) is 0 Å². The van der Waals surface area contributed by atoms with Crippen LogP contribution in [-0.4, -0.2) is 0 Å². The van der Waals surface area contributed by atoms with Crippen LogP contribution in [0.15, 0.2) is 36.5 Å². The van der Waals surface area contributed by atoms with Gasteiger partial charge in [0.2, 0.25) is 5.52 Å². The van der Waals surface area contributed by atoms with E-state index in [4.69, 9.17) is 0 Å². The minimum absolute atomic E-state index is 0.508. The summed E-state index contributed by atoms with van der Waals surface area (Å²) in [5, 5.41) is 1.34. The minimum Gasteiger partial charge on any atom is -0.196 e. The van der Waals surface area contributed by atoms with E-state index in [1.165, 1.54) is 16.5 Å².